The Labute approximate surface area is 146 Å². The summed E-state index contributed by atoms with van der Waals surface area (Å²) >= 11 is 0. The number of methoxy groups -OCH3 is 1. The molecule has 1 atom stereocenters. The van der Waals surface area contributed by atoms with Crippen LogP contribution in [0.5, 0.6) is 5.75 Å². The Morgan fingerprint density at radius 3 is 3.00 bits per heavy atom. The molecule has 1 aliphatic heterocycles. The summed E-state index contributed by atoms with van der Waals surface area (Å²) in [4.78, 5) is 14.6. The molecule has 2 aromatic rings. The zero-order valence-electron chi connectivity index (χ0n) is 14.4. The highest BCUT2D eigenvalue weighted by Gasteiger charge is 2.28. The molecule has 2 heterocycles. The van der Waals surface area contributed by atoms with E-state index in [9.17, 15) is 9.18 Å². The van der Waals surface area contributed by atoms with Gasteiger partial charge in [-0.25, -0.2) is 4.39 Å². The van der Waals surface area contributed by atoms with E-state index in [1.54, 1.807) is 17.2 Å². The maximum Gasteiger partial charge on any atom is 0.227 e. The molecule has 0 saturated heterocycles. The van der Waals surface area contributed by atoms with Gasteiger partial charge in [-0.15, -0.1) is 0 Å². The standard InChI is InChI=1S/C18H22FN3O3/c1-3-25-12-16-11-21(10-15-6-7-20-22(15)16)18(23)8-13-4-5-14(19)9-17(13)24-2/h4-7,9,16H,3,8,10-12H2,1-2H3/t16-/m1/s1. The van der Waals surface area contributed by atoms with Crippen molar-refractivity contribution in [1.82, 2.24) is 14.7 Å². The summed E-state index contributed by atoms with van der Waals surface area (Å²) in [7, 11) is 1.47. The quantitative estimate of drug-likeness (QED) is 0.804. The lowest BCUT2D eigenvalue weighted by molar-refractivity contribution is -0.133. The molecule has 0 bridgehead atoms. The van der Waals surface area contributed by atoms with Gasteiger partial charge in [0.2, 0.25) is 5.91 Å². The van der Waals surface area contributed by atoms with Gasteiger partial charge in [0.05, 0.1) is 38.4 Å². The van der Waals surface area contributed by atoms with Gasteiger partial charge in [0, 0.05) is 31.0 Å². The molecule has 7 heteroatoms. The van der Waals surface area contributed by atoms with Gasteiger partial charge in [-0.2, -0.15) is 5.10 Å². The van der Waals surface area contributed by atoms with Crippen LogP contribution in [0.2, 0.25) is 0 Å². The Bertz CT molecular complexity index is 747. The Morgan fingerprint density at radius 2 is 2.24 bits per heavy atom. The van der Waals surface area contributed by atoms with Gasteiger partial charge >= 0.3 is 0 Å². The minimum atomic E-state index is -0.383. The van der Waals surface area contributed by atoms with Crippen molar-refractivity contribution in [3.05, 3.63) is 47.5 Å². The summed E-state index contributed by atoms with van der Waals surface area (Å²) in [5, 5.41) is 4.34. The molecule has 134 valence electrons. The van der Waals surface area contributed by atoms with Gasteiger partial charge in [0.15, 0.2) is 0 Å². The Balaban J connectivity index is 1.74. The number of nitrogens with zero attached hydrogens (tertiary/aromatic N) is 3. The number of hydrogen-bond acceptors (Lipinski definition) is 4. The smallest absolute Gasteiger partial charge is 0.227 e. The molecule has 0 aliphatic carbocycles. The van der Waals surface area contributed by atoms with E-state index >= 15 is 0 Å². The van der Waals surface area contributed by atoms with Crippen molar-refractivity contribution in [1.29, 1.82) is 0 Å². The highest BCUT2D eigenvalue weighted by Crippen LogP contribution is 2.24. The van der Waals surface area contributed by atoms with E-state index in [1.165, 1.54) is 19.2 Å². The van der Waals surface area contributed by atoms with Crippen molar-refractivity contribution in [2.24, 2.45) is 0 Å². The highest BCUT2D eigenvalue weighted by molar-refractivity contribution is 5.79. The van der Waals surface area contributed by atoms with Crippen LogP contribution < -0.4 is 4.74 Å². The number of carbonyl (C=O) groups excluding carboxylic acids is 1. The first-order valence-electron chi connectivity index (χ1n) is 8.32. The first-order valence-corrected chi connectivity index (χ1v) is 8.32. The van der Waals surface area contributed by atoms with Crippen LogP contribution in [0.4, 0.5) is 4.39 Å². The van der Waals surface area contributed by atoms with E-state index in [0.717, 1.165) is 5.69 Å². The molecule has 6 nitrogen and oxygen atoms in total. The van der Waals surface area contributed by atoms with E-state index in [1.807, 2.05) is 17.7 Å². The first-order chi connectivity index (χ1) is 12.1. The highest BCUT2D eigenvalue weighted by atomic mass is 19.1. The summed E-state index contributed by atoms with van der Waals surface area (Å²) < 4.78 is 26.0. The fraction of sp³-hybridized carbons (Fsp3) is 0.444. The maximum atomic E-state index is 13.3. The molecule has 0 spiro atoms. The van der Waals surface area contributed by atoms with Gasteiger partial charge in [-0.3, -0.25) is 9.48 Å². The fourth-order valence-corrected chi connectivity index (χ4v) is 3.09. The van der Waals surface area contributed by atoms with E-state index in [-0.39, 0.29) is 24.2 Å². The van der Waals surface area contributed by atoms with Crippen molar-refractivity contribution in [3.8, 4) is 5.75 Å². The zero-order chi connectivity index (χ0) is 17.8. The van der Waals surface area contributed by atoms with Crippen molar-refractivity contribution in [3.63, 3.8) is 0 Å². The van der Waals surface area contributed by atoms with E-state index in [0.29, 0.717) is 37.6 Å². The average Bonchev–Trinajstić information content (AvgIpc) is 3.09. The van der Waals surface area contributed by atoms with Crippen molar-refractivity contribution in [2.75, 3.05) is 26.9 Å². The molecular weight excluding hydrogens is 325 g/mol. The van der Waals surface area contributed by atoms with Gasteiger partial charge < -0.3 is 14.4 Å². The SMILES string of the molecule is CCOC[C@H]1CN(C(=O)Cc2ccc(F)cc2OC)Cc2ccnn21. The van der Waals surface area contributed by atoms with E-state index in [4.69, 9.17) is 9.47 Å². The Hall–Kier alpha value is -2.41. The lowest BCUT2D eigenvalue weighted by atomic mass is 10.1. The van der Waals surface area contributed by atoms with Crippen LogP contribution in [-0.4, -0.2) is 47.5 Å². The number of aromatic nitrogens is 2. The second-order valence-corrected chi connectivity index (χ2v) is 5.99. The van der Waals surface area contributed by atoms with Gasteiger partial charge in [-0.1, -0.05) is 6.07 Å². The van der Waals surface area contributed by atoms with Crippen molar-refractivity contribution in [2.45, 2.75) is 25.9 Å². The molecule has 0 N–H and O–H groups in total. The summed E-state index contributed by atoms with van der Waals surface area (Å²) in [5.74, 6) is -0.0215. The number of amides is 1. The molecule has 1 aromatic heterocycles. The minimum absolute atomic E-state index is 0.00207. The second kappa shape index (κ2) is 7.65. The third-order valence-electron chi connectivity index (χ3n) is 4.34. The van der Waals surface area contributed by atoms with Crippen LogP contribution >= 0.6 is 0 Å². The summed E-state index contributed by atoms with van der Waals surface area (Å²) in [6.45, 7) is 4.11. The average molecular weight is 347 g/mol. The maximum absolute atomic E-state index is 13.3. The Kier molecular flexibility index (Phi) is 5.33. The number of carbonyl (C=O) groups is 1. The van der Waals surface area contributed by atoms with Crippen LogP contribution in [0.25, 0.3) is 0 Å². The first kappa shape index (κ1) is 17.4. The third-order valence-corrected chi connectivity index (χ3v) is 4.34. The number of halogens is 1. The predicted molar refractivity (Wildman–Crippen MR) is 89.8 cm³/mol. The van der Waals surface area contributed by atoms with Crippen LogP contribution in [0.1, 0.15) is 24.2 Å². The predicted octanol–water partition coefficient (Wildman–Crippen LogP) is 2.19. The largest absolute Gasteiger partial charge is 0.496 e. The lowest BCUT2D eigenvalue weighted by Crippen LogP contribution is -2.43. The van der Waals surface area contributed by atoms with Crippen LogP contribution in [0.15, 0.2) is 30.5 Å². The van der Waals surface area contributed by atoms with Crippen LogP contribution in [0.3, 0.4) is 0 Å². The fourth-order valence-electron chi connectivity index (χ4n) is 3.09. The second-order valence-electron chi connectivity index (χ2n) is 5.99. The van der Waals surface area contributed by atoms with Gasteiger partial charge in [-0.05, 0) is 19.1 Å². The van der Waals surface area contributed by atoms with Gasteiger partial charge in [0.1, 0.15) is 11.6 Å². The topological polar surface area (TPSA) is 56.6 Å². The number of hydrogen-bond donors (Lipinski definition) is 0. The molecule has 0 unspecified atom stereocenters. The lowest BCUT2D eigenvalue weighted by Gasteiger charge is -2.34. The molecule has 0 saturated carbocycles. The van der Waals surface area contributed by atoms with Crippen molar-refractivity contribution >= 4 is 5.91 Å². The summed E-state index contributed by atoms with van der Waals surface area (Å²) in [5.41, 5.74) is 1.66. The zero-order valence-corrected chi connectivity index (χ0v) is 14.4. The minimum Gasteiger partial charge on any atom is -0.496 e. The number of ether oxygens (including phenoxy) is 2. The normalized spacial score (nSPS) is 16.6. The van der Waals surface area contributed by atoms with Crippen LogP contribution in [0, 0.1) is 5.82 Å². The monoisotopic (exact) mass is 347 g/mol. The third kappa shape index (κ3) is 3.82. The molecule has 25 heavy (non-hydrogen) atoms. The Morgan fingerprint density at radius 1 is 1.40 bits per heavy atom. The van der Waals surface area contributed by atoms with E-state index in [2.05, 4.69) is 5.10 Å². The van der Waals surface area contributed by atoms with Crippen LogP contribution in [-0.2, 0) is 22.5 Å². The molecular formula is C18H22FN3O3. The summed E-state index contributed by atoms with van der Waals surface area (Å²) in [6.07, 6.45) is 1.91. The number of benzene rings is 1. The molecule has 1 aromatic carbocycles. The van der Waals surface area contributed by atoms with Crippen molar-refractivity contribution < 1.29 is 18.7 Å². The molecule has 1 aliphatic rings. The molecule has 1 amide bonds. The number of fused-ring (bicyclic) bond motifs is 1. The summed E-state index contributed by atoms with van der Waals surface area (Å²) in [6, 6.07) is 6.15. The number of rotatable bonds is 6. The molecule has 3 rings (SSSR count). The molecule has 0 radical (unpaired) electrons. The van der Waals surface area contributed by atoms with Gasteiger partial charge in [0.25, 0.3) is 0 Å². The van der Waals surface area contributed by atoms with E-state index < -0.39 is 0 Å². The molecule has 0 fully saturated rings.